The summed E-state index contributed by atoms with van der Waals surface area (Å²) in [4.78, 5) is 24.2. The molecule has 0 amide bonds. The van der Waals surface area contributed by atoms with Crippen molar-refractivity contribution >= 4 is 45.6 Å². The van der Waals surface area contributed by atoms with E-state index in [1.165, 1.54) is 6.33 Å². The summed E-state index contributed by atoms with van der Waals surface area (Å²) in [6.45, 7) is 3.81. The van der Waals surface area contributed by atoms with Crippen molar-refractivity contribution in [2.24, 2.45) is 0 Å². The molecule has 10 nitrogen and oxygen atoms in total. The number of aromatic nitrogens is 2. The first-order valence-electron chi connectivity index (χ1n) is 10.4. The molecule has 0 aliphatic carbocycles. The van der Waals surface area contributed by atoms with Gasteiger partial charge in [0.25, 0.3) is 0 Å². The highest BCUT2D eigenvalue weighted by Gasteiger charge is 2.29. The molecule has 0 atom stereocenters. The normalized spacial score (nSPS) is 15.5. The van der Waals surface area contributed by atoms with Gasteiger partial charge in [-0.25, -0.2) is 9.97 Å². The number of hydrogen-bond donors (Lipinski definition) is 1. The highest BCUT2D eigenvalue weighted by molar-refractivity contribution is 14.1. The minimum Gasteiger partial charge on any atom is -0.454 e. The van der Waals surface area contributed by atoms with Crippen LogP contribution in [0.25, 0.3) is 0 Å². The van der Waals surface area contributed by atoms with Crippen molar-refractivity contribution in [2.45, 2.75) is 6.54 Å². The van der Waals surface area contributed by atoms with Crippen LogP contribution < -0.4 is 19.7 Å². The fourth-order valence-electron chi connectivity index (χ4n) is 3.95. The van der Waals surface area contributed by atoms with Gasteiger partial charge in [-0.1, -0.05) is 6.07 Å². The Morgan fingerprint density at radius 2 is 1.79 bits per heavy atom. The molecule has 0 saturated carbocycles. The van der Waals surface area contributed by atoms with Crippen LogP contribution in [0.3, 0.4) is 0 Å². The van der Waals surface area contributed by atoms with E-state index in [2.05, 4.69) is 42.8 Å². The minimum absolute atomic E-state index is 0.111. The number of benzene rings is 2. The molecule has 0 unspecified atom stereocenters. The van der Waals surface area contributed by atoms with Gasteiger partial charge >= 0.3 is 5.69 Å². The van der Waals surface area contributed by atoms with Crippen molar-refractivity contribution < 1.29 is 14.4 Å². The number of nitrogens with zero attached hydrogens (tertiary/aromatic N) is 5. The molecule has 33 heavy (non-hydrogen) atoms. The third-order valence-electron chi connectivity index (χ3n) is 5.61. The summed E-state index contributed by atoms with van der Waals surface area (Å²) in [7, 11) is 0. The van der Waals surface area contributed by atoms with E-state index in [-0.39, 0.29) is 18.3 Å². The summed E-state index contributed by atoms with van der Waals surface area (Å²) < 4.78 is 11.9. The second-order valence-electron chi connectivity index (χ2n) is 7.73. The zero-order valence-corrected chi connectivity index (χ0v) is 19.8. The van der Waals surface area contributed by atoms with Crippen molar-refractivity contribution in [3.05, 3.63) is 68.0 Å². The van der Waals surface area contributed by atoms with Gasteiger partial charge in [-0.2, -0.15) is 0 Å². The monoisotopic (exact) mass is 560 g/mol. The standard InChI is InChI=1S/C22H21IN6O4/c23-16-2-4-17(5-3-16)26-21-20(29(30)31)22(25-13-24-21)28-9-7-27(8-10-28)12-15-1-6-18-19(11-15)33-14-32-18/h1-6,11,13H,7-10,12,14H2,(H,24,25,26). The molecule has 1 saturated heterocycles. The first-order chi connectivity index (χ1) is 16.1. The first kappa shape index (κ1) is 21.6. The van der Waals surface area contributed by atoms with E-state index in [1.54, 1.807) is 0 Å². The van der Waals surface area contributed by atoms with Crippen LogP contribution in [0, 0.1) is 13.7 Å². The lowest BCUT2D eigenvalue weighted by Crippen LogP contribution is -2.46. The molecule has 1 aromatic heterocycles. The minimum atomic E-state index is -0.413. The van der Waals surface area contributed by atoms with Crippen molar-refractivity contribution in [2.75, 3.05) is 43.2 Å². The molecule has 3 aromatic rings. The molecule has 1 N–H and O–H groups in total. The predicted molar refractivity (Wildman–Crippen MR) is 131 cm³/mol. The molecule has 3 heterocycles. The molecule has 0 radical (unpaired) electrons. The third kappa shape index (κ3) is 4.78. The number of anilines is 3. The molecule has 1 fully saturated rings. The predicted octanol–water partition coefficient (Wildman–Crippen LogP) is 3.78. The van der Waals surface area contributed by atoms with E-state index < -0.39 is 4.92 Å². The average molecular weight is 560 g/mol. The smallest absolute Gasteiger partial charge is 0.353 e. The van der Waals surface area contributed by atoms with Gasteiger partial charge in [0, 0.05) is 42.0 Å². The lowest BCUT2D eigenvalue weighted by molar-refractivity contribution is -0.383. The molecule has 11 heteroatoms. The number of rotatable bonds is 6. The largest absolute Gasteiger partial charge is 0.454 e. The number of hydrogen-bond acceptors (Lipinski definition) is 9. The first-order valence-corrected chi connectivity index (χ1v) is 11.5. The van der Waals surface area contributed by atoms with Crippen molar-refractivity contribution in [3.8, 4) is 11.5 Å². The zero-order valence-electron chi connectivity index (χ0n) is 17.6. The molecule has 0 spiro atoms. The lowest BCUT2D eigenvalue weighted by atomic mass is 10.1. The topological polar surface area (TPSA) is 106 Å². The summed E-state index contributed by atoms with van der Waals surface area (Å²) in [5, 5.41) is 15.0. The van der Waals surface area contributed by atoms with Crippen molar-refractivity contribution in [1.82, 2.24) is 14.9 Å². The molecule has 5 rings (SSSR count). The molecule has 0 bridgehead atoms. The van der Waals surface area contributed by atoms with Crippen LogP contribution in [0.4, 0.5) is 23.0 Å². The maximum atomic E-state index is 12.0. The van der Waals surface area contributed by atoms with Crippen molar-refractivity contribution in [3.63, 3.8) is 0 Å². The summed E-state index contributed by atoms with van der Waals surface area (Å²) >= 11 is 2.21. The van der Waals surface area contributed by atoms with Gasteiger partial charge in [-0.15, -0.1) is 0 Å². The Labute approximate surface area is 203 Å². The maximum absolute atomic E-state index is 12.0. The van der Waals surface area contributed by atoms with E-state index in [1.807, 2.05) is 47.4 Å². The summed E-state index contributed by atoms with van der Waals surface area (Å²) in [6, 6.07) is 13.6. The molecule has 2 aliphatic rings. The molecule has 170 valence electrons. The Morgan fingerprint density at radius 3 is 2.55 bits per heavy atom. The van der Waals surface area contributed by atoms with Crippen LogP contribution >= 0.6 is 22.6 Å². The summed E-state index contributed by atoms with van der Waals surface area (Å²) in [6.07, 6.45) is 1.37. The van der Waals surface area contributed by atoms with Gasteiger partial charge in [-0.05, 0) is 64.6 Å². The van der Waals surface area contributed by atoms with Gasteiger partial charge in [0.2, 0.25) is 18.4 Å². The van der Waals surface area contributed by atoms with E-state index in [0.29, 0.717) is 18.9 Å². The Morgan fingerprint density at radius 1 is 1.03 bits per heavy atom. The molecule has 2 aliphatic heterocycles. The Balaban J connectivity index is 1.28. The van der Waals surface area contributed by atoms with Gasteiger partial charge in [0.05, 0.1) is 4.92 Å². The van der Waals surface area contributed by atoms with Crippen LogP contribution in [0.2, 0.25) is 0 Å². The number of halogens is 1. The second-order valence-corrected chi connectivity index (χ2v) is 8.98. The number of nitrogens with one attached hydrogen (secondary N) is 1. The van der Waals surface area contributed by atoms with Gasteiger partial charge in [0.15, 0.2) is 11.5 Å². The Bertz CT molecular complexity index is 1170. The molecule has 2 aromatic carbocycles. The van der Waals surface area contributed by atoms with Crippen LogP contribution in [0.5, 0.6) is 11.5 Å². The summed E-state index contributed by atoms with van der Waals surface area (Å²) in [5.41, 5.74) is 1.77. The van der Waals surface area contributed by atoms with Crippen LogP contribution in [-0.4, -0.2) is 52.8 Å². The second kappa shape index (κ2) is 9.35. The van der Waals surface area contributed by atoms with E-state index >= 15 is 0 Å². The number of piperazine rings is 1. The van der Waals surface area contributed by atoms with Gasteiger partial charge < -0.3 is 19.7 Å². The highest BCUT2D eigenvalue weighted by atomic mass is 127. The third-order valence-corrected chi connectivity index (χ3v) is 6.33. The fourth-order valence-corrected chi connectivity index (χ4v) is 4.31. The maximum Gasteiger partial charge on any atom is 0.353 e. The van der Waals surface area contributed by atoms with Gasteiger partial charge in [0.1, 0.15) is 6.33 Å². The average Bonchev–Trinajstić information content (AvgIpc) is 3.29. The van der Waals surface area contributed by atoms with Crippen LogP contribution in [0.15, 0.2) is 48.8 Å². The zero-order chi connectivity index (χ0) is 22.8. The Kier molecular flexibility index (Phi) is 6.13. The number of nitro groups is 1. The summed E-state index contributed by atoms with van der Waals surface area (Å²) in [5.74, 6) is 2.07. The number of ether oxygens (including phenoxy) is 2. The SMILES string of the molecule is O=[N+]([O-])c1c(Nc2ccc(I)cc2)ncnc1N1CCN(Cc2ccc3c(c2)OCO3)CC1. The highest BCUT2D eigenvalue weighted by Crippen LogP contribution is 2.35. The van der Waals surface area contributed by atoms with Crippen molar-refractivity contribution in [1.29, 1.82) is 0 Å². The quantitative estimate of drug-likeness (QED) is 0.274. The van der Waals surface area contributed by atoms with E-state index in [9.17, 15) is 10.1 Å². The van der Waals surface area contributed by atoms with E-state index in [0.717, 1.165) is 46.0 Å². The lowest BCUT2D eigenvalue weighted by Gasteiger charge is -2.35. The Hall–Kier alpha value is -3.19. The van der Waals surface area contributed by atoms with Crippen LogP contribution in [0.1, 0.15) is 5.56 Å². The molecular formula is C22H21IN6O4. The van der Waals surface area contributed by atoms with Crippen LogP contribution in [-0.2, 0) is 6.54 Å². The van der Waals surface area contributed by atoms with E-state index in [4.69, 9.17) is 9.47 Å². The van der Waals surface area contributed by atoms with Gasteiger partial charge in [-0.3, -0.25) is 15.0 Å². The number of fused-ring (bicyclic) bond motifs is 1. The fraction of sp³-hybridized carbons (Fsp3) is 0.273. The molecular weight excluding hydrogens is 539 g/mol.